The average Bonchev–Trinajstić information content (AvgIpc) is 2.57. The van der Waals surface area contributed by atoms with E-state index < -0.39 is 0 Å². The summed E-state index contributed by atoms with van der Waals surface area (Å²) in [5.74, 6) is 2.22. The Bertz CT molecular complexity index is 628. The highest BCUT2D eigenvalue weighted by Gasteiger charge is 2.09. The molecule has 2 rings (SSSR count). The van der Waals surface area contributed by atoms with Crippen LogP contribution in [0, 0.1) is 0 Å². The Labute approximate surface area is 146 Å². The molecule has 0 saturated carbocycles. The van der Waals surface area contributed by atoms with Crippen molar-refractivity contribution in [1.29, 1.82) is 0 Å². The van der Waals surface area contributed by atoms with Gasteiger partial charge in [-0.2, -0.15) is 0 Å². The Morgan fingerprint density at radius 2 is 1.70 bits per heavy atom. The van der Waals surface area contributed by atoms with E-state index in [1.807, 2.05) is 55.6 Å². The van der Waals surface area contributed by atoms with Crippen molar-refractivity contribution in [2.45, 2.75) is 12.3 Å². The van der Waals surface area contributed by atoms with Crippen LogP contribution in [-0.4, -0.2) is 30.7 Å². The van der Waals surface area contributed by atoms with Crippen LogP contribution in [0.2, 0.25) is 5.02 Å². The van der Waals surface area contributed by atoms with Crippen LogP contribution in [0.1, 0.15) is 11.1 Å². The zero-order valence-electron chi connectivity index (χ0n) is 13.3. The third-order valence-electron chi connectivity index (χ3n) is 3.41. The van der Waals surface area contributed by atoms with Gasteiger partial charge in [-0.15, -0.1) is 11.8 Å². The van der Waals surface area contributed by atoms with E-state index in [1.165, 1.54) is 5.56 Å². The number of halogens is 1. The number of rotatable bonds is 7. The first-order valence-corrected chi connectivity index (χ1v) is 8.81. The number of carbonyl (C=O) groups excluding carboxylic acids is 1. The van der Waals surface area contributed by atoms with Crippen molar-refractivity contribution in [3.63, 3.8) is 0 Å². The molecule has 0 aliphatic heterocycles. The number of nitrogens with zero attached hydrogens (tertiary/aromatic N) is 1. The van der Waals surface area contributed by atoms with Crippen LogP contribution in [0.3, 0.4) is 0 Å². The molecule has 0 N–H and O–H groups in total. The average molecular weight is 350 g/mol. The van der Waals surface area contributed by atoms with Crippen molar-refractivity contribution in [3.8, 4) is 5.75 Å². The topological polar surface area (TPSA) is 29.5 Å². The van der Waals surface area contributed by atoms with Gasteiger partial charge in [0, 0.05) is 24.4 Å². The Morgan fingerprint density at radius 3 is 2.30 bits per heavy atom. The monoisotopic (exact) mass is 349 g/mol. The number of benzene rings is 2. The molecule has 0 heterocycles. The maximum Gasteiger partial charge on any atom is 0.232 e. The fourth-order valence-electron chi connectivity index (χ4n) is 2.04. The number of amides is 1. The molecule has 0 aromatic heterocycles. The number of hydrogen-bond donors (Lipinski definition) is 0. The number of hydrogen-bond acceptors (Lipinski definition) is 3. The standard InChI is InChI=1S/C18H20ClNO2S/c1-20(11-14-5-9-17(22-2)10-6-14)18(21)13-23-12-15-3-7-16(19)8-4-15/h3-10H,11-13H2,1-2H3. The third kappa shape index (κ3) is 5.81. The first kappa shape index (κ1) is 17.7. The van der Waals surface area contributed by atoms with Crippen LogP contribution in [0.25, 0.3) is 0 Å². The second kappa shape index (κ2) is 8.85. The molecular weight excluding hydrogens is 330 g/mol. The number of methoxy groups -OCH3 is 1. The summed E-state index contributed by atoms with van der Waals surface area (Å²) in [7, 11) is 3.47. The van der Waals surface area contributed by atoms with Gasteiger partial charge in [-0.25, -0.2) is 0 Å². The minimum Gasteiger partial charge on any atom is -0.497 e. The van der Waals surface area contributed by atoms with Gasteiger partial charge < -0.3 is 9.64 Å². The number of thioether (sulfide) groups is 1. The molecule has 0 saturated heterocycles. The molecule has 3 nitrogen and oxygen atoms in total. The van der Waals surface area contributed by atoms with Crippen LogP contribution >= 0.6 is 23.4 Å². The van der Waals surface area contributed by atoms with Gasteiger partial charge in [0.2, 0.25) is 5.91 Å². The molecule has 2 aromatic carbocycles. The first-order chi connectivity index (χ1) is 11.1. The Kier molecular flexibility index (Phi) is 6.81. The van der Waals surface area contributed by atoms with Crippen molar-refractivity contribution in [1.82, 2.24) is 4.90 Å². The summed E-state index contributed by atoms with van der Waals surface area (Å²) in [4.78, 5) is 13.9. The minimum atomic E-state index is 0.125. The lowest BCUT2D eigenvalue weighted by Gasteiger charge is -2.17. The highest BCUT2D eigenvalue weighted by molar-refractivity contribution is 7.99. The SMILES string of the molecule is COc1ccc(CN(C)C(=O)CSCc2ccc(Cl)cc2)cc1. The van der Waals surface area contributed by atoms with E-state index in [-0.39, 0.29) is 5.91 Å². The maximum atomic E-state index is 12.2. The smallest absolute Gasteiger partial charge is 0.232 e. The van der Waals surface area contributed by atoms with E-state index in [1.54, 1.807) is 23.8 Å². The molecule has 2 aromatic rings. The molecule has 5 heteroatoms. The fourth-order valence-corrected chi connectivity index (χ4v) is 3.09. The van der Waals surface area contributed by atoms with Crippen molar-refractivity contribution < 1.29 is 9.53 Å². The second-order valence-electron chi connectivity index (χ2n) is 5.22. The fraction of sp³-hybridized carbons (Fsp3) is 0.278. The molecule has 0 bridgehead atoms. The summed E-state index contributed by atoms with van der Waals surface area (Å²) < 4.78 is 5.13. The van der Waals surface area contributed by atoms with E-state index in [0.29, 0.717) is 12.3 Å². The molecule has 23 heavy (non-hydrogen) atoms. The van der Waals surface area contributed by atoms with Crippen LogP contribution in [0.5, 0.6) is 5.75 Å². The predicted octanol–water partition coefficient (Wildman–Crippen LogP) is 4.24. The van der Waals surface area contributed by atoms with Gasteiger partial charge in [0.05, 0.1) is 12.9 Å². The molecule has 1 amide bonds. The Balaban J connectivity index is 1.76. The molecular formula is C18H20ClNO2S. The Hall–Kier alpha value is -1.65. The molecule has 0 atom stereocenters. The lowest BCUT2D eigenvalue weighted by Crippen LogP contribution is -2.27. The summed E-state index contributed by atoms with van der Waals surface area (Å²) in [6.45, 7) is 0.602. The van der Waals surface area contributed by atoms with E-state index in [9.17, 15) is 4.79 Å². The van der Waals surface area contributed by atoms with Gasteiger partial charge >= 0.3 is 0 Å². The largest absolute Gasteiger partial charge is 0.497 e. The Morgan fingerprint density at radius 1 is 1.09 bits per heavy atom. The summed E-state index contributed by atoms with van der Waals surface area (Å²) in [5.41, 5.74) is 2.26. The first-order valence-electron chi connectivity index (χ1n) is 7.27. The lowest BCUT2D eigenvalue weighted by molar-refractivity contribution is -0.127. The van der Waals surface area contributed by atoms with Crippen LogP contribution in [0.4, 0.5) is 0 Å². The van der Waals surface area contributed by atoms with Gasteiger partial charge in [0.25, 0.3) is 0 Å². The third-order valence-corrected chi connectivity index (χ3v) is 4.65. The van der Waals surface area contributed by atoms with Gasteiger partial charge in [0.1, 0.15) is 5.75 Å². The summed E-state index contributed by atoms with van der Waals surface area (Å²) in [6, 6.07) is 15.5. The van der Waals surface area contributed by atoms with Crippen molar-refractivity contribution >= 4 is 29.3 Å². The van der Waals surface area contributed by atoms with Crippen molar-refractivity contribution in [3.05, 3.63) is 64.7 Å². The molecule has 0 aliphatic carbocycles. The van der Waals surface area contributed by atoms with E-state index >= 15 is 0 Å². The quantitative estimate of drug-likeness (QED) is 0.748. The van der Waals surface area contributed by atoms with Crippen LogP contribution in [0.15, 0.2) is 48.5 Å². The highest BCUT2D eigenvalue weighted by atomic mass is 35.5. The molecule has 0 radical (unpaired) electrons. The minimum absolute atomic E-state index is 0.125. The van der Waals surface area contributed by atoms with Crippen molar-refractivity contribution in [2.24, 2.45) is 0 Å². The predicted molar refractivity (Wildman–Crippen MR) is 97.1 cm³/mol. The number of ether oxygens (including phenoxy) is 1. The highest BCUT2D eigenvalue weighted by Crippen LogP contribution is 2.17. The maximum absolute atomic E-state index is 12.2. The van der Waals surface area contributed by atoms with Gasteiger partial charge in [0.15, 0.2) is 0 Å². The van der Waals surface area contributed by atoms with E-state index in [2.05, 4.69) is 0 Å². The van der Waals surface area contributed by atoms with E-state index in [4.69, 9.17) is 16.3 Å². The summed E-state index contributed by atoms with van der Waals surface area (Å²) in [5, 5.41) is 0.731. The van der Waals surface area contributed by atoms with Crippen molar-refractivity contribution in [2.75, 3.05) is 19.9 Å². The molecule has 122 valence electrons. The van der Waals surface area contributed by atoms with Crippen LogP contribution in [-0.2, 0) is 17.1 Å². The number of carbonyl (C=O) groups is 1. The normalized spacial score (nSPS) is 10.4. The van der Waals surface area contributed by atoms with Gasteiger partial charge in [-0.05, 0) is 35.4 Å². The van der Waals surface area contributed by atoms with Crippen LogP contribution < -0.4 is 4.74 Å². The van der Waals surface area contributed by atoms with Gasteiger partial charge in [-0.1, -0.05) is 35.9 Å². The zero-order valence-corrected chi connectivity index (χ0v) is 14.9. The summed E-state index contributed by atoms with van der Waals surface area (Å²) in [6.07, 6.45) is 0. The van der Waals surface area contributed by atoms with Gasteiger partial charge in [-0.3, -0.25) is 4.79 Å². The molecule has 0 spiro atoms. The molecule has 0 unspecified atom stereocenters. The lowest BCUT2D eigenvalue weighted by atomic mass is 10.2. The molecule has 0 fully saturated rings. The zero-order chi connectivity index (χ0) is 16.7. The molecule has 0 aliphatic rings. The van der Waals surface area contributed by atoms with E-state index in [0.717, 1.165) is 22.1 Å². The second-order valence-corrected chi connectivity index (χ2v) is 6.64. The summed E-state index contributed by atoms with van der Waals surface area (Å²) >= 11 is 7.47.